The van der Waals surface area contributed by atoms with Crippen molar-refractivity contribution >= 4 is 34.5 Å². The number of rotatable bonds is 2. The molecule has 29 heavy (non-hydrogen) atoms. The molecule has 0 aliphatic carbocycles. The Morgan fingerprint density at radius 3 is 2.72 bits per heavy atom. The summed E-state index contributed by atoms with van der Waals surface area (Å²) >= 11 is 0. The Hall–Kier alpha value is -3.03. The minimum absolute atomic E-state index is 0. The smallest absolute Gasteiger partial charge is 0.258 e. The average molecular weight is 409 g/mol. The van der Waals surface area contributed by atoms with Gasteiger partial charge in [0.05, 0.1) is 17.1 Å². The van der Waals surface area contributed by atoms with Gasteiger partial charge in [0.2, 0.25) is 0 Å². The Morgan fingerprint density at radius 2 is 1.93 bits per heavy atom. The van der Waals surface area contributed by atoms with Crippen LogP contribution in [0.25, 0.3) is 33.5 Å². The van der Waals surface area contributed by atoms with Crippen molar-refractivity contribution in [2.24, 2.45) is 7.05 Å². The van der Waals surface area contributed by atoms with Crippen LogP contribution in [0, 0.1) is 6.92 Å². The molecule has 5 rings (SSSR count). The predicted molar refractivity (Wildman–Crippen MR) is 116 cm³/mol. The first-order chi connectivity index (χ1) is 13.6. The van der Waals surface area contributed by atoms with Crippen molar-refractivity contribution in [1.82, 2.24) is 29.5 Å². The van der Waals surface area contributed by atoms with Crippen LogP contribution < -0.4 is 10.9 Å². The molecule has 0 aromatic carbocycles. The molecule has 1 aliphatic heterocycles. The fourth-order valence-corrected chi connectivity index (χ4v) is 3.75. The summed E-state index contributed by atoms with van der Waals surface area (Å²) in [6.07, 6.45) is 6.96. The van der Waals surface area contributed by atoms with E-state index >= 15 is 0 Å². The third-order valence-electron chi connectivity index (χ3n) is 5.14. The van der Waals surface area contributed by atoms with E-state index in [1.165, 1.54) is 5.57 Å². The Kier molecular flexibility index (Phi) is 4.94. The topological polar surface area (TPSA) is 77.1 Å². The number of aromatic nitrogens is 5. The molecule has 7 nitrogen and oxygen atoms in total. The minimum Gasteiger partial charge on any atom is -0.313 e. The Balaban J connectivity index is 0.00000205. The lowest BCUT2D eigenvalue weighted by Gasteiger charge is -2.15. The fraction of sp³-hybridized carbons (Fsp3) is 0.238. The van der Waals surface area contributed by atoms with Gasteiger partial charge in [-0.05, 0) is 49.2 Å². The number of fused-ring (bicyclic) bond motifs is 2. The van der Waals surface area contributed by atoms with Crippen LogP contribution in [0.5, 0.6) is 0 Å². The minimum atomic E-state index is -0.109. The Labute approximate surface area is 173 Å². The summed E-state index contributed by atoms with van der Waals surface area (Å²) in [4.78, 5) is 22.1. The molecule has 0 saturated carbocycles. The highest BCUT2D eigenvalue weighted by Gasteiger charge is 2.12. The van der Waals surface area contributed by atoms with Crippen molar-refractivity contribution < 1.29 is 0 Å². The highest BCUT2D eigenvalue weighted by Crippen LogP contribution is 2.23. The molecule has 148 valence electrons. The summed E-state index contributed by atoms with van der Waals surface area (Å²) in [5.41, 5.74) is 5.78. The molecular formula is C21H21ClN6O. The van der Waals surface area contributed by atoms with Gasteiger partial charge in [0.1, 0.15) is 11.2 Å². The van der Waals surface area contributed by atoms with Gasteiger partial charge in [-0.1, -0.05) is 6.08 Å². The number of nitrogens with one attached hydrogen (secondary N) is 1. The molecule has 1 N–H and O–H groups in total. The molecular weight excluding hydrogens is 388 g/mol. The van der Waals surface area contributed by atoms with E-state index in [0.29, 0.717) is 17.0 Å². The Bertz CT molecular complexity index is 1320. The summed E-state index contributed by atoms with van der Waals surface area (Å²) < 4.78 is 3.37. The van der Waals surface area contributed by atoms with E-state index in [2.05, 4.69) is 26.5 Å². The van der Waals surface area contributed by atoms with Crippen LogP contribution in [0.15, 0.2) is 47.5 Å². The van der Waals surface area contributed by atoms with Crippen molar-refractivity contribution in [2.45, 2.75) is 13.3 Å². The highest BCUT2D eigenvalue weighted by molar-refractivity contribution is 5.85. The van der Waals surface area contributed by atoms with Crippen LogP contribution in [-0.4, -0.2) is 37.2 Å². The molecule has 0 spiro atoms. The normalized spacial score (nSPS) is 14.1. The van der Waals surface area contributed by atoms with Gasteiger partial charge in [-0.25, -0.2) is 9.97 Å². The molecule has 0 fully saturated rings. The van der Waals surface area contributed by atoms with E-state index in [1.54, 1.807) is 15.1 Å². The quantitative estimate of drug-likeness (QED) is 0.552. The molecule has 0 radical (unpaired) electrons. The zero-order chi connectivity index (χ0) is 19.3. The molecule has 0 bridgehead atoms. The van der Waals surface area contributed by atoms with Crippen LogP contribution in [0.2, 0.25) is 0 Å². The number of halogens is 1. The molecule has 1 aliphatic rings. The lowest BCUT2D eigenvalue weighted by atomic mass is 10.0. The standard InChI is InChI=1S/C21H20N6O.ClH/c1-13-21-16(11-26(2)25-21)9-17(23-13)18-10-20(28)27-12-15(3-4-19(27)24-18)14-5-7-22-8-6-14;/h3-5,9-12,22H,6-8H2,1-2H3;1H. The second kappa shape index (κ2) is 7.42. The molecule has 0 atom stereocenters. The number of hydrogen-bond donors (Lipinski definition) is 1. The van der Waals surface area contributed by atoms with Crippen LogP contribution in [0.1, 0.15) is 17.7 Å². The number of nitrogens with zero attached hydrogens (tertiary/aromatic N) is 5. The summed E-state index contributed by atoms with van der Waals surface area (Å²) in [5, 5.41) is 8.72. The maximum absolute atomic E-state index is 12.8. The first-order valence-electron chi connectivity index (χ1n) is 9.33. The van der Waals surface area contributed by atoms with Crippen molar-refractivity contribution in [1.29, 1.82) is 0 Å². The molecule has 4 aromatic rings. The van der Waals surface area contributed by atoms with E-state index in [9.17, 15) is 4.79 Å². The van der Waals surface area contributed by atoms with E-state index in [-0.39, 0.29) is 18.0 Å². The lowest BCUT2D eigenvalue weighted by Crippen LogP contribution is -2.20. The van der Waals surface area contributed by atoms with Gasteiger partial charge in [-0.3, -0.25) is 13.9 Å². The third kappa shape index (κ3) is 3.43. The van der Waals surface area contributed by atoms with Gasteiger partial charge >= 0.3 is 0 Å². The first-order valence-corrected chi connectivity index (χ1v) is 9.33. The van der Waals surface area contributed by atoms with E-state index in [1.807, 2.05) is 44.6 Å². The van der Waals surface area contributed by atoms with E-state index in [0.717, 1.165) is 41.7 Å². The van der Waals surface area contributed by atoms with Gasteiger partial charge in [0, 0.05) is 37.4 Å². The summed E-state index contributed by atoms with van der Waals surface area (Å²) in [6.45, 7) is 3.74. The molecule has 0 unspecified atom stereocenters. The van der Waals surface area contributed by atoms with Crippen LogP contribution in [0.3, 0.4) is 0 Å². The van der Waals surface area contributed by atoms with E-state index in [4.69, 9.17) is 0 Å². The summed E-state index contributed by atoms with van der Waals surface area (Å²) in [6, 6.07) is 7.42. The third-order valence-corrected chi connectivity index (χ3v) is 5.14. The molecule has 8 heteroatoms. The van der Waals surface area contributed by atoms with Crippen molar-refractivity contribution in [3.05, 3.63) is 64.3 Å². The summed E-state index contributed by atoms with van der Waals surface area (Å²) in [7, 11) is 1.88. The largest absolute Gasteiger partial charge is 0.313 e. The van der Waals surface area contributed by atoms with Crippen LogP contribution in [0.4, 0.5) is 0 Å². The van der Waals surface area contributed by atoms with Crippen molar-refractivity contribution in [3.8, 4) is 11.4 Å². The van der Waals surface area contributed by atoms with Gasteiger partial charge in [-0.15, -0.1) is 12.4 Å². The molecule has 0 saturated heterocycles. The molecule has 0 amide bonds. The zero-order valence-corrected chi connectivity index (χ0v) is 17.0. The average Bonchev–Trinajstić information content (AvgIpc) is 3.09. The molecule has 4 aromatic heterocycles. The van der Waals surface area contributed by atoms with Crippen LogP contribution >= 0.6 is 12.4 Å². The van der Waals surface area contributed by atoms with Crippen molar-refractivity contribution in [2.75, 3.05) is 13.1 Å². The number of aryl methyl sites for hydroxylation is 2. The second-order valence-corrected chi connectivity index (χ2v) is 7.14. The fourth-order valence-electron chi connectivity index (χ4n) is 3.75. The van der Waals surface area contributed by atoms with Gasteiger partial charge in [-0.2, -0.15) is 5.10 Å². The van der Waals surface area contributed by atoms with Crippen LogP contribution in [-0.2, 0) is 7.05 Å². The summed E-state index contributed by atoms with van der Waals surface area (Å²) in [5.74, 6) is 0. The Morgan fingerprint density at radius 1 is 1.10 bits per heavy atom. The number of hydrogen-bond acceptors (Lipinski definition) is 5. The van der Waals surface area contributed by atoms with Gasteiger partial charge in [0.15, 0.2) is 0 Å². The van der Waals surface area contributed by atoms with Crippen molar-refractivity contribution in [3.63, 3.8) is 0 Å². The monoisotopic (exact) mass is 408 g/mol. The van der Waals surface area contributed by atoms with E-state index < -0.39 is 0 Å². The maximum atomic E-state index is 12.8. The number of pyridine rings is 2. The second-order valence-electron chi connectivity index (χ2n) is 7.14. The zero-order valence-electron chi connectivity index (χ0n) is 16.2. The van der Waals surface area contributed by atoms with Gasteiger partial charge in [0.25, 0.3) is 5.56 Å². The lowest BCUT2D eigenvalue weighted by molar-refractivity contribution is 0.738. The maximum Gasteiger partial charge on any atom is 0.258 e. The van der Waals surface area contributed by atoms with Gasteiger partial charge < -0.3 is 5.32 Å². The predicted octanol–water partition coefficient (Wildman–Crippen LogP) is 2.75. The highest BCUT2D eigenvalue weighted by atomic mass is 35.5. The first kappa shape index (κ1) is 19.3. The SMILES string of the molecule is Cc1nc(-c2cc(=O)n3cc(C4=CCNCC4)ccc3n2)cc2cn(C)nc12.Cl. The molecule has 5 heterocycles.